The first-order valence-corrected chi connectivity index (χ1v) is 6.10. The van der Waals surface area contributed by atoms with Gasteiger partial charge in [0.2, 0.25) is 0 Å². The molecule has 1 N–H and O–H groups in total. The molecule has 1 heterocycles. The molecular formula is C15H18N2O. The number of anilines is 1. The maximum Gasteiger partial charge on any atom is 0.0733 e. The molecule has 0 bridgehead atoms. The number of pyridine rings is 1. The predicted octanol–water partition coefficient (Wildman–Crippen LogP) is 2.88. The van der Waals surface area contributed by atoms with Crippen molar-refractivity contribution in [2.75, 3.05) is 19.0 Å². The number of hydrogen-bond donors (Lipinski definition) is 1. The van der Waals surface area contributed by atoms with Crippen molar-refractivity contribution < 1.29 is 4.74 Å². The molecule has 3 heteroatoms. The summed E-state index contributed by atoms with van der Waals surface area (Å²) in [5.41, 5.74) is 3.57. The quantitative estimate of drug-likeness (QED) is 0.845. The van der Waals surface area contributed by atoms with E-state index in [0.29, 0.717) is 6.61 Å². The molecule has 0 spiro atoms. The molecule has 0 amide bonds. The SMILES string of the molecule is COCc1ccccc1NCCc1cccnc1. The molecule has 18 heavy (non-hydrogen) atoms. The summed E-state index contributed by atoms with van der Waals surface area (Å²) in [6.45, 7) is 1.53. The van der Waals surface area contributed by atoms with Crippen LogP contribution in [0.4, 0.5) is 5.69 Å². The van der Waals surface area contributed by atoms with Gasteiger partial charge in [-0.15, -0.1) is 0 Å². The highest BCUT2D eigenvalue weighted by molar-refractivity contribution is 5.50. The minimum absolute atomic E-state index is 0.635. The van der Waals surface area contributed by atoms with E-state index < -0.39 is 0 Å². The molecule has 2 rings (SSSR count). The summed E-state index contributed by atoms with van der Waals surface area (Å²) in [5.74, 6) is 0. The zero-order valence-corrected chi connectivity index (χ0v) is 10.6. The fraction of sp³-hybridized carbons (Fsp3) is 0.267. The Morgan fingerprint density at radius 2 is 2.06 bits per heavy atom. The maximum absolute atomic E-state index is 5.18. The second-order valence-corrected chi connectivity index (χ2v) is 4.13. The summed E-state index contributed by atoms with van der Waals surface area (Å²) in [5, 5.41) is 3.44. The number of hydrogen-bond acceptors (Lipinski definition) is 3. The van der Waals surface area contributed by atoms with Gasteiger partial charge in [-0.2, -0.15) is 0 Å². The molecule has 0 radical (unpaired) electrons. The molecule has 2 aromatic rings. The first-order valence-electron chi connectivity index (χ1n) is 6.10. The molecule has 0 aliphatic carbocycles. The summed E-state index contributed by atoms with van der Waals surface area (Å²) < 4.78 is 5.18. The van der Waals surface area contributed by atoms with Crippen molar-refractivity contribution in [1.82, 2.24) is 4.98 Å². The molecule has 0 atom stereocenters. The van der Waals surface area contributed by atoms with Crippen LogP contribution < -0.4 is 5.32 Å². The number of aromatic nitrogens is 1. The Bertz CT molecular complexity index is 471. The minimum Gasteiger partial charge on any atom is -0.384 e. The minimum atomic E-state index is 0.635. The standard InChI is InChI=1S/C15H18N2O/c1-18-12-14-6-2-3-7-15(14)17-10-8-13-5-4-9-16-11-13/h2-7,9,11,17H,8,10,12H2,1H3. The highest BCUT2D eigenvalue weighted by Crippen LogP contribution is 2.15. The molecule has 0 fully saturated rings. The summed E-state index contributed by atoms with van der Waals surface area (Å²) >= 11 is 0. The average molecular weight is 242 g/mol. The second kappa shape index (κ2) is 6.77. The van der Waals surface area contributed by atoms with Crippen molar-refractivity contribution in [2.24, 2.45) is 0 Å². The highest BCUT2D eigenvalue weighted by atomic mass is 16.5. The molecule has 94 valence electrons. The summed E-state index contributed by atoms with van der Waals surface area (Å²) in [6.07, 6.45) is 4.67. The van der Waals surface area contributed by atoms with Crippen LogP contribution in [-0.4, -0.2) is 18.6 Å². The third-order valence-electron chi connectivity index (χ3n) is 2.77. The zero-order valence-electron chi connectivity index (χ0n) is 10.6. The van der Waals surface area contributed by atoms with Gasteiger partial charge in [0, 0.05) is 37.3 Å². The second-order valence-electron chi connectivity index (χ2n) is 4.13. The van der Waals surface area contributed by atoms with Crippen molar-refractivity contribution >= 4 is 5.69 Å². The number of nitrogens with zero attached hydrogens (tertiary/aromatic N) is 1. The molecule has 1 aromatic heterocycles. The van der Waals surface area contributed by atoms with E-state index in [4.69, 9.17) is 4.74 Å². The Balaban J connectivity index is 1.90. The van der Waals surface area contributed by atoms with Crippen LogP contribution in [0.1, 0.15) is 11.1 Å². The van der Waals surface area contributed by atoms with Gasteiger partial charge in [-0.25, -0.2) is 0 Å². The van der Waals surface area contributed by atoms with Crippen LogP contribution in [0.25, 0.3) is 0 Å². The molecule has 0 aliphatic rings. The van der Waals surface area contributed by atoms with Gasteiger partial charge in [-0.05, 0) is 24.1 Å². The van der Waals surface area contributed by atoms with Crippen molar-refractivity contribution in [3.8, 4) is 0 Å². The first-order chi connectivity index (χ1) is 8.90. The molecule has 1 aromatic carbocycles. The van der Waals surface area contributed by atoms with Crippen molar-refractivity contribution in [3.05, 3.63) is 59.9 Å². The van der Waals surface area contributed by atoms with E-state index in [0.717, 1.165) is 18.7 Å². The summed E-state index contributed by atoms with van der Waals surface area (Å²) in [6, 6.07) is 12.3. The Morgan fingerprint density at radius 1 is 1.17 bits per heavy atom. The Morgan fingerprint density at radius 3 is 2.83 bits per heavy atom. The lowest BCUT2D eigenvalue weighted by Crippen LogP contribution is -2.07. The van der Waals surface area contributed by atoms with Gasteiger partial charge >= 0.3 is 0 Å². The van der Waals surface area contributed by atoms with Crippen LogP contribution in [-0.2, 0) is 17.8 Å². The average Bonchev–Trinajstić information content (AvgIpc) is 2.42. The van der Waals surface area contributed by atoms with E-state index in [-0.39, 0.29) is 0 Å². The van der Waals surface area contributed by atoms with Gasteiger partial charge in [0.15, 0.2) is 0 Å². The number of rotatable bonds is 6. The monoisotopic (exact) mass is 242 g/mol. The van der Waals surface area contributed by atoms with E-state index >= 15 is 0 Å². The number of ether oxygens (including phenoxy) is 1. The van der Waals surface area contributed by atoms with Crippen molar-refractivity contribution in [1.29, 1.82) is 0 Å². The summed E-state index contributed by atoms with van der Waals surface area (Å²) in [7, 11) is 1.71. The molecule has 0 saturated heterocycles. The Hall–Kier alpha value is -1.87. The number of benzene rings is 1. The normalized spacial score (nSPS) is 10.3. The number of para-hydroxylation sites is 1. The van der Waals surface area contributed by atoms with Crippen LogP contribution in [0.2, 0.25) is 0 Å². The first kappa shape index (κ1) is 12.6. The van der Waals surface area contributed by atoms with E-state index in [1.54, 1.807) is 13.3 Å². The van der Waals surface area contributed by atoms with Crippen LogP contribution in [0.3, 0.4) is 0 Å². The van der Waals surface area contributed by atoms with Gasteiger partial charge in [0.25, 0.3) is 0 Å². The predicted molar refractivity (Wildman–Crippen MR) is 73.6 cm³/mol. The van der Waals surface area contributed by atoms with Gasteiger partial charge in [0.05, 0.1) is 6.61 Å². The van der Waals surface area contributed by atoms with Crippen molar-refractivity contribution in [2.45, 2.75) is 13.0 Å². The van der Waals surface area contributed by atoms with Gasteiger partial charge < -0.3 is 10.1 Å². The van der Waals surface area contributed by atoms with E-state index in [2.05, 4.69) is 28.5 Å². The van der Waals surface area contributed by atoms with Crippen LogP contribution in [0, 0.1) is 0 Å². The van der Waals surface area contributed by atoms with Crippen molar-refractivity contribution in [3.63, 3.8) is 0 Å². The molecule has 0 saturated carbocycles. The van der Waals surface area contributed by atoms with E-state index in [1.165, 1.54) is 11.1 Å². The number of methoxy groups -OCH3 is 1. The molecule has 3 nitrogen and oxygen atoms in total. The smallest absolute Gasteiger partial charge is 0.0733 e. The highest BCUT2D eigenvalue weighted by Gasteiger charge is 2.00. The Kier molecular flexibility index (Phi) is 4.73. The largest absolute Gasteiger partial charge is 0.384 e. The van der Waals surface area contributed by atoms with E-state index in [1.807, 2.05) is 24.4 Å². The van der Waals surface area contributed by atoms with Gasteiger partial charge in [-0.3, -0.25) is 4.98 Å². The zero-order chi connectivity index (χ0) is 12.6. The fourth-order valence-corrected chi connectivity index (χ4v) is 1.86. The summed E-state index contributed by atoms with van der Waals surface area (Å²) in [4.78, 5) is 4.11. The molecule has 0 unspecified atom stereocenters. The van der Waals surface area contributed by atoms with Crippen LogP contribution in [0.5, 0.6) is 0 Å². The third-order valence-corrected chi connectivity index (χ3v) is 2.77. The van der Waals surface area contributed by atoms with Gasteiger partial charge in [0.1, 0.15) is 0 Å². The fourth-order valence-electron chi connectivity index (χ4n) is 1.86. The van der Waals surface area contributed by atoms with Crippen LogP contribution in [0.15, 0.2) is 48.8 Å². The van der Waals surface area contributed by atoms with Gasteiger partial charge in [-0.1, -0.05) is 24.3 Å². The maximum atomic E-state index is 5.18. The van der Waals surface area contributed by atoms with Crippen LogP contribution >= 0.6 is 0 Å². The Labute approximate surface area is 108 Å². The lowest BCUT2D eigenvalue weighted by molar-refractivity contribution is 0.185. The molecule has 0 aliphatic heterocycles. The lowest BCUT2D eigenvalue weighted by atomic mass is 10.1. The number of nitrogens with one attached hydrogen (secondary N) is 1. The third kappa shape index (κ3) is 3.57. The topological polar surface area (TPSA) is 34.1 Å². The van der Waals surface area contributed by atoms with E-state index in [9.17, 15) is 0 Å². The molecular weight excluding hydrogens is 224 g/mol. The lowest BCUT2D eigenvalue weighted by Gasteiger charge is -2.11.